The van der Waals surface area contributed by atoms with Crippen molar-refractivity contribution in [3.8, 4) is 33.4 Å². The second-order valence-corrected chi connectivity index (χ2v) is 9.51. The van der Waals surface area contributed by atoms with E-state index >= 15 is 0 Å². The Morgan fingerprint density at radius 2 is 1.94 bits per heavy atom. The van der Waals surface area contributed by atoms with Gasteiger partial charge >= 0.3 is 0 Å². The molecule has 10 heteroatoms. The zero-order valence-corrected chi connectivity index (χ0v) is 18.9. The standard InChI is InChI=1S/C24H21F2N5O2S/c25-14-1-2-18(17(26)11-14)31-24(27-13-28-31)21-12-16-20(34-21)7-10-33-19-3-4-22(29-23(16)19)30-8-5-15(32)6-9-30/h1-4,11-13,15,32H,5-10H2. The van der Waals surface area contributed by atoms with E-state index in [-0.39, 0.29) is 11.8 Å². The van der Waals surface area contributed by atoms with Crippen LogP contribution in [0.1, 0.15) is 17.7 Å². The third kappa shape index (κ3) is 3.72. The summed E-state index contributed by atoms with van der Waals surface area (Å²) in [6.45, 7) is 2.03. The fourth-order valence-corrected chi connectivity index (χ4v) is 5.56. The van der Waals surface area contributed by atoms with E-state index in [1.165, 1.54) is 23.1 Å². The van der Waals surface area contributed by atoms with Crippen LogP contribution in [0.4, 0.5) is 14.6 Å². The van der Waals surface area contributed by atoms with Crippen molar-refractivity contribution in [1.82, 2.24) is 19.7 Å². The van der Waals surface area contributed by atoms with Crippen LogP contribution in [-0.4, -0.2) is 50.7 Å². The maximum atomic E-state index is 14.5. The highest BCUT2D eigenvalue weighted by molar-refractivity contribution is 7.16. The molecule has 4 aromatic rings. The second-order valence-electron chi connectivity index (χ2n) is 8.37. The number of piperidine rings is 1. The molecule has 0 atom stereocenters. The molecule has 0 spiro atoms. The van der Waals surface area contributed by atoms with Gasteiger partial charge in [-0.05, 0) is 43.2 Å². The number of aliphatic hydroxyl groups excluding tert-OH is 1. The van der Waals surface area contributed by atoms with Crippen LogP contribution in [-0.2, 0) is 6.42 Å². The highest BCUT2D eigenvalue weighted by atomic mass is 32.1. The average Bonchev–Trinajstić information content (AvgIpc) is 3.44. The zero-order valence-electron chi connectivity index (χ0n) is 18.1. The van der Waals surface area contributed by atoms with Gasteiger partial charge in [0.25, 0.3) is 0 Å². The molecule has 2 aliphatic heterocycles. The molecule has 34 heavy (non-hydrogen) atoms. The number of hydrogen-bond donors (Lipinski definition) is 1. The lowest BCUT2D eigenvalue weighted by Gasteiger charge is -2.30. The lowest BCUT2D eigenvalue weighted by atomic mass is 10.1. The van der Waals surface area contributed by atoms with Crippen LogP contribution < -0.4 is 9.64 Å². The van der Waals surface area contributed by atoms with Crippen LogP contribution in [0.15, 0.2) is 42.7 Å². The molecule has 1 saturated heterocycles. The molecule has 0 bridgehead atoms. The number of rotatable bonds is 3. The number of nitrogens with zero attached hydrogens (tertiary/aromatic N) is 5. The van der Waals surface area contributed by atoms with Gasteiger partial charge in [-0.3, -0.25) is 0 Å². The van der Waals surface area contributed by atoms with Crippen molar-refractivity contribution in [1.29, 1.82) is 0 Å². The summed E-state index contributed by atoms with van der Waals surface area (Å²) in [4.78, 5) is 13.4. The van der Waals surface area contributed by atoms with E-state index in [1.54, 1.807) is 11.3 Å². The number of aromatic nitrogens is 4. The SMILES string of the molecule is OC1CCN(c2ccc3c(n2)-c2cc(-c4ncnn4-c4ccc(F)cc4F)sc2CCO3)CC1. The summed E-state index contributed by atoms with van der Waals surface area (Å²) in [5.74, 6) is 0.697. The number of ether oxygens (including phenoxy) is 1. The van der Waals surface area contributed by atoms with E-state index in [0.29, 0.717) is 18.9 Å². The van der Waals surface area contributed by atoms with Gasteiger partial charge in [-0.15, -0.1) is 11.3 Å². The number of anilines is 1. The first-order chi connectivity index (χ1) is 16.6. The molecule has 2 aliphatic rings. The number of benzene rings is 1. The molecule has 0 unspecified atom stereocenters. The Kier molecular flexibility index (Phi) is 5.26. The van der Waals surface area contributed by atoms with Crippen LogP contribution in [0.3, 0.4) is 0 Å². The molecule has 1 aromatic carbocycles. The lowest BCUT2D eigenvalue weighted by Crippen LogP contribution is -2.36. The Morgan fingerprint density at radius 1 is 1.09 bits per heavy atom. The van der Waals surface area contributed by atoms with Gasteiger partial charge in [0.1, 0.15) is 35.1 Å². The van der Waals surface area contributed by atoms with Crippen LogP contribution >= 0.6 is 11.3 Å². The zero-order chi connectivity index (χ0) is 23.2. The number of halogens is 2. The molecule has 0 aliphatic carbocycles. The molecular formula is C24H21F2N5O2S. The van der Waals surface area contributed by atoms with E-state index < -0.39 is 11.6 Å². The highest BCUT2D eigenvalue weighted by Gasteiger charge is 2.25. The van der Waals surface area contributed by atoms with Crippen LogP contribution in [0, 0.1) is 11.6 Å². The van der Waals surface area contributed by atoms with Gasteiger partial charge in [0.05, 0.1) is 17.6 Å². The molecule has 7 nitrogen and oxygen atoms in total. The van der Waals surface area contributed by atoms with Crippen LogP contribution in [0.25, 0.3) is 27.6 Å². The van der Waals surface area contributed by atoms with Crippen molar-refractivity contribution in [2.75, 3.05) is 24.6 Å². The predicted molar refractivity (Wildman–Crippen MR) is 124 cm³/mol. The summed E-state index contributed by atoms with van der Waals surface area (Å²) >= 11 is 1.54. The maximum Gasteiger partial charge on any atom is 0.173 e. The predicted octanol–water partition coefficient (Wildman–Crippen LogP) is 4.23. The first-order valence-electron chi connectivity index (χ1n) is 11.1. The van der Waals surface area contributed by atoms with Gasteiger partial charge in [-0.2, -0.15) is 5.10 Å². The smallest absolute Gasteiger partial charge is 0.173 e. The number of pyridine rings is 1. The Balaban J connectivity index is 1.41. The van der Waals surface area contributed by atoms with Gasteiger partial charge < -0.3 is 14.7 Å². The second kappa shape index (κ2) is 8.44. The molecule has 0 saturated carbocycles. The molecule has 174 valence electrons. The monoisotopic (exact) mass is 481 g/mol. The van der Waals surface area contributed by atoms with Crippen molar-refractivity contribution in [3.63, 3.8) is 0 Å². The van der Waals surface area contributed by atoms with Gasteiger partial charge in [-0.1, -0.05) is 0 Å². The molecular weight excluding hydrogens is 460 g/mol. The van der Waals surface area contributed by atoms with Gasteiger partial charge in [-0.25, -0.2) is 23.4 Å². The molecule has 0 radical (unpaired) electrons. The van der Waals surface area contributed by atoms with E-state index in [2.05, 4.69) is 15.0 Å². The van der Waals surface area contributed by atoms with E-state index in [4.69, 9.17) is 9.72 Å². The van der Waals surface area contributed by atoms with E-state index in [0.717, 1.165) is 64.6 Å². The summed E-state index contributed by atoms with van der Waals surface area (Å²) in [7, 11) is 0. The van der Waals surface area contributed by atoms with Gasteiger partial charge in [0.2, 0.25) is 0 Å². The van der Waals surface area contributed by atoms with Crippen molar-refractivity contribution in [2.24, 2.45) is 0 Å². The maximum absolute atomic E-state index is 14.5. The Bertz CT molecular complexity index is 1360. The van der Waals surface area contributed by atoms with Crippen LogP contribution in [0.2, 0.25) is 0 Å². The Labute approximate surface area is 198 Å². The van der Waals surface area contributed by atoms with Gasteiger partial charge in [0, 0.05) is 36.0 Å². The molecule has 6 rings (SSSR count). The molecule has 5 heterocycles. The van der Waals surface area contributed by atoms with Crippen molar-refractivity contribution in [3.05, 3.63) is 59.2 Å². The Morgan fingerprint density at radius 3 is 2.76 bits per heavy atom. The van der Waals surface area contributed by atoms with Crippen LogP contribution in [0.5, 0.6) is 5.75 Å². The van der Waals surface area contributed by atoms with Crippen molar-refractivity contribution >= 4 is 17.2 Å². The molecule has 1 N–H and O–H groups in total. The number of thiophene rings is 1. The number of fused-ring (bicyclic) bond motifs is 3. The van der Waals surface area contributed by atoms with Crippen molar-refractivity contribution < 1.29 is 18.6 Å². The summed E-state index contributed by atoms with van der Waals surface area (Å²) in [6, 6.07) is 9.30. The minimum atomic E-state index is -0.707. The molecule has 1 fully saturated rings. The van der Waals surface area contributed by atoms with E-state index in [1.807, 2.05) is 18.2 Å². The Hall–Kier alpha value is -3.37. The topological polar surface area (TPSA) is 76.3 Å². The largest absolute Gasteiger partial charge is 0.491 e. The normalized spacial score (nSPS) is 16.0. The van der Waals surface area contributed by atoms with E-state index in [9.17, 15) is 13.9 Å². The fourth-order valence-electron chi connectivity index (χ4n) is 4.43. The summed E-state index contributed by atoms with van der Waals surface area (Å²) in [5.41, 5.74) is 1.85. The van der Waals surface area contributed by atoms with Crippen molar-refractivity contribution in [2.45, 2.75) is 25.4 Å². The first-order valence-corrected chi connectivity index (χ1v) is 11.9. The minimum Gasteiger partial charge on any atom is -0.491 e. The van der Waals surface area contributed by atoms with Gasteiger partial charge in [0.15, 0.2) is 11.6 Å². The number of hydrogen-bond acceptors (Lipinski definition) is 7. The highest BCUT2D eigenvalue weighted by Crippen LogP contribution is 2.42. The molecule has 3 aromatic heterocycles. The molecule has 0 amide bonds. The quantitative estimate of drug-likeness (QED) is 0.472. The third-order valence-corrected chi connectivity index (χ3v) is 7.38. The third-order valence-electron chi connectivity index (χ3n) is 6.19. The minimum absolute atomic E-state index is 0.133. The summed E-state index contributed by atoms with van der Waals surface area (Å²) < 4.78 is 35.2. The first kappa shape index (κ1) is 21.2. The number of aliphatic hydroxyl groups is 1. The lowest BCUT2D eigenvalue weighted by molar-refractivity contribution is 0.145. The average molecular weight is 482 g/mol. The fraction of sp³-hybridized carbons (Fsp3) is 0.292. The summed E-state index contributed by atoms with van der Waals surface area (Å²) in [6.07, 6.45) is 3.26. The summed E-state index contributed by atoms with van der Waals surface area (Å²) in [5, 5.41) is 14.0.